The van der Waals surface area contributed by atoms with Gasteiger partial charge < -0.3 is 5.32 Å². The Morgan fingerprint density at radius 2 is 1.91 bits per heavy atom. The first-order chi connectivity index (χ1) is 16.1. The number of carbonyl (C=O) groups is 2. The van der Waals surface area contributed by atoms with Crippen LogP contribution in [-0.2, 0) is 17.3 Å². The number of rotatable bonds is 6. The highest BCUT2D eigenvalue weighted by atomic mass is 32.1. The molecule has 0 saturated carbocycles. The van der Waals surface area contributed by atoms with Gasteiger partial charge in [0.25, 0.3) is 5.91 Å². The number of hydrogen-bond donors (Lipinski definition) is 2. The average Bonchev–Trinajstić information content (AvgIpc) is 3.48. The molecule has 2 N–H and O–H groups in total. The van der Waals surface area contributed by atoms with E-state index in [0.717, 1.165) is 36.5 Å². The van der Waals surface area contributed by atoms with Gasteiger partial charge in [-0.05, 0) is 49.4 Å². The summed E-state index contributed by atoms with van der Waals surface area (Å²) in [5.41, 5.74) is 4.25. The zero-order chi connectivity index (χ0) is 24.5. The predicted molar refractivity (Wildman–Crippen MR) is 135 cm³/mol. The van der Waals surface area contributed by atoms with Crippen LogP contribution in [0.1, 0.15) is 67.0 Å². The first kappa shape index (κ1) is 24.1. The molecule has 2 aromatic heterocycles. The zero-order valence-electron chi connectivity index (χ0n) is 20.4. The quantitative estimate of drug-likeness (QED) is 0.542. The lowest BCUT2D eigenvalue weighted by Crippen LogP contribution is -2.33. The van der Waals surface area contributed by atoms with Crippen LogP contribution in [0.15, 0.2) is 35.8 Å². The first-order valence-corrected chi connectivity index (χ1v) is 12.4. The Bertz CT molecular complexity index is 1170. The van der Waals surface area contributed by atoms with Crippen LogP contribution in [0, 0.1) is 6.92 Å². The van der Waals surface area contributed by atoms with Crippen LogP contribution in [0.5, 0.6) is 0 Å². The number of thiazole rings is 1. The summed E-state index contributed by atoms with van der Waals surface area (Å²) < 4.78 is 1.69. The monoisotopic (exact) mass is 480 g/mol. The Kier molecular flexibility index (Phi) is 6.86. The second-order valence-corrected chi connectivity index (χ2v) is 10.7. The van der Waals surface area contributed by atoms with E-state index in [9.17, 15) is 9.59 Å². The number of nitrogens with zero attached hydrogens (tertiary/aromatic N) is 4. The Morgan fingerprint density at radius 1 is 1.18 bits per heavy atom. The minimum atomic E-state index is -0.171. The van der Waals surface area contributed by atoms with E-state index in [0.29, 0.717) is 17.2 Å². The van der Waals surface area contributed by atoms with Gasteiger partial charge in [0.15, 0.2) is 5.13 Å². The van der Waals surface area contributed by atoms with E-state index in [1.807, 2.05) is 43.6 Å². The van der Waals surface area contributed by atoms with E-state index in [2.05, 4.69) is 46.4 Å². The summed E-state index contributed by atoms with van der Waals surface area (Å²) in [4.78, 5) is 32.2. The molecular weight excluding hydrogens is 448 g/mol. The molecule has 2 amide bonds. The minimum absolute atomic E-state index is 0.0418. The van der Waals surface area contributed by atoms with Crippen LogP contribution < -0.4 is 10.6 Å². The summed E-state index contributed by atoms with van der Waals surface area (Å²) in [6, 6.07) is 7.76. The molecule has 1 saturated heterocycles. The van der Waals surface area contributed by atoms with E-state index in [4.69, 9.17) is 0 Å². The lowest BCUT2D eigenvalue weighted by Gasteiger charge is -2.22. The van der Waals surface area contributed by atoms with Gasteiger partial charge in [-0.1, -0.05) is 32.9 Å². The Labute approximate surface area is 204 Å². The molecule has 0 radical (unpaired) electrons. The number of benzene rings is 1. The smallest absolute Gasteiger partial charge is 0.257 e. The molecule has 1 fully saturated rings. The van der Waals surface area contributed by atoms with Crippen molar-refractivity contribution in [2.45, 2.75) is 52.0 Å². The second-order valence-electron chi connectivity index (χ2n) is 9.84. The Hall–Kier alpha value is -3.04. The molecule has 1 unspecified atom stereocenters. The third kappa shape index (κ3) is 5.53. The molecule has 1 aliphatic rings. The summed E-state index contributed by atoms with van der Waals surface area (Å²) in [5.74, 6) is -0.235. The molecule has 3 aromatic rings. The number of hydrogen-bond acceptors (Lipinski definition) is 6. The van der Waals surface area contributed by atoms with Gasteiger partial charge in [-0.2, -0.15) is 5.10 Å². The molecule has 1 aliphatic heterocycles. The number of nitrogens with one attached hydrogen (secondary N) is 2. The molecular formula is C25H32N6O2S. The van der Waals surface area contributed by atoms with Crippen molar-refractivity contribution in [3.05, 3.63) is 58.4 Å². The summed E-state index contributed by atoms with van der Waals surface area (Å²) in [5, 5.41) is 12.7. The average molecular weight is 481 g/mol. The van der Waals surface area contributed by atoms with E-state index >= 15 is 0 Å². The van der Waals surface area contributed by atoms with Crippen molar-refractivity contribution in [2.24, 2.45) is 7.05 Å². The summed E-state index contributed by atoms with van der Waals surface area (Å²) >= 11 is 1.41. The standard InChI is InChI=1S/C25H32N6O2S/c1-16-19(13-30(5)29-16)26-22(32)14-31-12-6-7-21(31)20-15-34-24(27-20)28-23(33)17-8-10-18(11-9-17)25(2,3)4/h8-11,13,15,21H,6-7,12,14H2,1-5H3,(H,26,32)(H,27,28,33). The van der Waals surface area contributed by atoms with E-state index in [1.165, 1.54) is 16.9 Å². The van der Waals surface area contributed by atoms with Crippen LogP contribution in [0.2, 0.25) is 0 Å². The molecule has 1 aromatic carbocycles. The molecule has 0 aliphatic carbocycles. The topological polar surface area (TPSA) is 92.2 Å². The number of carbonyl (C=O) groups excluding carboxylic acids is 2. The third-order valence-corrected chi connectivity index (χ3v) is 6.87. The lowest BCUT2D eigenvalue weighted by atomic mass is 9.87. The number of anilines is 2. The highest BCUT2D eigenvalue weighted by Gasteiger charge is 2.30. The maximum absolute atomic E-state index is 12.7. The molecule has 9 heteroatoms. The third-order valence-electron chi connectivity index (χ3n) is 6.09. The number of likely N-dealkylation sites (tertiary alicyclic amines) is 1. The molecule has 0 bridgehead atoms. The van der Waals surface area contributed by atoms with Crippen molar-refractivity contribution in [1.29, 1.82) is 0 Å². The molecule has 3 heterocycles. The van der Waals surface area contributed by atoms with Gasteiger partial charge in [0.2, 0.25) is 5.91 Å². The molecule has 8 nitrogen and oxygen atoms in total. The van der Waals surface area contributed by atoms with Gasteiger partial charge in [0.05, 0.1) is 29.7 Å². The number of aryl methyl sites for hydroxylation is 2. The van der Waals surface area contributed by atoms with Crippen molar-refractivity contribution >= 4 is 34.0 Å². The molecule has 4 rings (SSSR count). The van der Waals surface area contributed by atoms with Gasteiger partial charge in [-0.25, -0.2) is 4.98 Å². The van der Waals surface area contributed by atoms with Crippen molar-refractivity contribution in [3.63, 3.8) is 0 Å². The fraction of sp³-hybridized carbons (Fsp3) is 0.440. The Morgan fingerprint density at radius 3 is 2.56 bits per heavy atom. The first-order valence-electron chi connectivity index (χ1n) is 11.5. The van der Waals surface area contributed by atoms with Gasteiger partial charge in [-0.15, -0.1) is 11.3 Å². The maximum atomic E-state index is 12.7. The highest BCUT2D eigenvalue weighted by molar-refractivity contribution is 7.14. The van der Waals surface area contributed by atoms with E-state index in [1.54, 1.807) is 10.9 Å². The summed E-state index contributed by atoms with van der Waals surface area (Å²) in [6.07, 6.45) is 3.74. The SMILES string of the molecule is Cc1nn(C)cc1NC(=O)CN1CCCC1c1csc(NC(=O)c2ccc(C(C)(C)C)cc2)n1. The molecule has 1 atom stereocenters. The van der Waals surface area contributed by atoms with Crippen LogP contribution in [0.25, 0.3) is 0 Å². The highest BCUT2D eigenvalue weighted by Crippen LogP contribution is 2.33. The fourth-order valence-electron chi connectivity index (χ4n) is 4.23. The van der Waals surface area contributed by atoms with Gasteiger partial charge in [0, 0.05) is 24.2 Å². The van der Waals surface area contributed by atoms with Crippen LogP contribution in [0.4, 0.5) is 10.8 Å². The largest absolute Gasteiger partial charge is 0.322 e. The van der Waals surface area contributed by atoms with Crippen LogP contribution >= 0.6 is 11.3 Å². The van der Waals surface area contributed by atoms with Crippen LogP contribution in [0.3, 0.4) is 0 Å². The molecule has 180 valence electrons. The van der Waals surface area contributed by atoms with E-state index < -0.39 is 0 Å². The zero-order valence-corrected chi connectivity index (χ0v) is 21.2. The van der Waals surface area contributed by atoms with Crippen molar-refractivity contribution in [3.8, 4) is 0 Å². The maximum Gasteiger partial charge on any atom is 0.257 e. The van der Waals surface area contributed by atoms with Gasteiger partial charge in [0.1, 0.15) is 0 Å². The summed E-state index contributed by atoms with van der Waals surface area (Å²) in [7, 11) is 1.83. The molecule has 34 heavy (non-hydrogen) atoms. The van der Waals surface area contributed by atoms with Gasteiger partial charge in [-0.3, -0.25) is 24.5 Å². The van der Waals surface area contributed by atoms with Crippen molar-refractivity contribution < 1.29 is 9.59 Å². The summed E-state index contributed by atoms with van der Waals surface area (Å²) in [6.45, 7) is 9.44. The van der Waals surface area contributed by atoms with E-state index in [-0.39, 0.29) is 23.3 Å². The van der Waals surface area contributed by atoms with Crippen LogP contribution in [-0.4, -0.2) is 44.6 Å². The molecule has 0 spiro atoms. The minimum Gasteiger partial charge on any atom is -0.322 e. The second kappa shape index (κ2) is 9.68. The van der Waals surface area contributed by atoms with Crippen molar-refractivity contribution in [2.75, 3.05) is 23.7 Å². The lowest BCUT2D eigenvalue weighted by molar-refractivity contribution is -0.117. The Balaban J connectivity index is 1.37. The number of amides is 2. The van der Waals surface area contributed by atoms with Gasteiger partial charge >= 0.3 is 0 Å². The van der Waals surface area contributed by atoms with Crippen molar-refractivity contribution in [1.82, 2.24) is 19.7 Å². The number of aromatic nitrogens is 3. The fourth-order valence-corrected chi connectivity index (χ4v) is 4.99. The predicted octanol–water partition coefficient (Wildman–Crippen LogP) is 4.51. The normalized spacial score (nSPS) is 16.6.